The van der Waals surface area contributed by atoms with Gasteiger partial charge < -0.3 is 11.1 Å². The molecule has 0 bridgehead atoms. The van der Waals surface area contributed by atoms with Crippen LogP contribution in [0.5, 0.6) is 0 Å². The second kappa shape index (κ2) is 6.30. The molecule has 1 unspecified atom stereocenters. The van der Waals surface area contributed by atoms with Gasteiger partial charge in [0.25, 0.3) is 0 Å². The van der Waals surface area contributed by atoms with Crippen molar-refractivity contribution in [2.75, 3.05) is 12.3 Å². The molecule has 0 rings (SSSR count). The lowest BCUT2D eigenvalue weighted by Gasteiger charge is -2.21. The molecule has 0 saturated heterocycles. The van der Waals surface area contributed by atoms with Crippen LogP contribution < -0.4 is 11.1 Å². The lowest BCUT2D eigenvalue weighted by Crippen LogP contribution is -2.44. The van der Waals surface area contributed by atoms with Crippen molar-refractivity contribution in [1.82, 2.24) is 5.32 Å². The van der Waals surface area contributed by atoms with E-state index in [1.54, 1.807) is 11.8 Å². The number of amides is 1. The van der Waals surface area contributed by atoms with E-state index in [4.69, 9.17) is 5.73 Å². The molecule has 0 aliphatic rings. The van der Waals surface area contributed by atoms with Crippen molar-refractivity contribution in [2.24, 2.45) is 5.73 Å². The van der Waals surface area contributed by atoms with Crippen molar-refractivity contribution in [2.45, 2.75) is 44.9 Å². The Kier molecular flexibility index (Phi) is 6.20. The number of hydrogen-bond donors (Lipinski definition) is 2. The van der Waals surface area contributed by atoms with Gasteiger partial charge >= 0.3 is 0 Å². The first-order valence-electron chi connectivity index (χ1n) is 5.03. The van der Waals surface area contributed by atoms with Crippen molar-refractivity contribution < 1.29 is 4.79 Å². The molecule has 0 aromatic rings. The predicted octanol–water partition coefficient (Wildman–Crippen LogP) is 1.37. The van der Waals surface area contributed by atoms with Crippen LogP contribution in [0.15, 0.2) is 0 Å². The summed E-state index contributed by atoms with van der Waals surface area (Å²) in [6.07, 6.45) is 1.02. The first-order valence-corrected chi connectivity index (χ1v) is 6.02. The van der Waals surface area contributed by atoms with Crippen LogP contribution in [-0.2, 0) is 4.79 Å². The number of carbonyl (C=O) groups excluding carboxylic acids is 1. The highest BCUT2D eigenvalue weighted by Crippen LogP contribution is 2.23. The number of nitrogens with one attached hydrogen (secondary N) is 1. The summed E-state index contributed by atoms with van der Waals surface area (Å²) < 4.78 is 0.182. The Morgan fingerprint density at radius 3 is 2.43 bits per heavy atom. The van der Waals surface area contributed by atoms with Crippen molar-refractivity contribution >= 4 is 17.7 Å². The van der Waals surface area contributed by atoms with Gasteiger partial charge in [-0.1, -0.05) is 27.7 Å². The maximum atomic E-state index is 11.1. The Morgan fingerprint density at radius 1 is 1.50 bits per heavy atom. The number of primary amides is 1. The molecule has 0 aromatic carbocycles. The molecule has 14 heavy (non-hydrogen) atoms. The Labute approximate surface area is 91.2 Å². The summed E-state index contributed by atoms with van der Waals surface area (Å²) in [5.74, 6) is 0.494. The molecule has 0 aliphatic heterocycles. The second-order valence-corrected chi connectivity index (χ2v) is 6.18. The molecule has 1 amide bonds. The number of thioether (sulfide) groups is 1. The van der Waals surface area contributed by atoms with Crippen LogP contribution in [0.1, 0.15) is 34.1 Å². The Morgan fingerprint density at radius 2 is 2.07 bits per heavy atom. The topological polar surface area (TPSA) is 55.1 Å². The van der Waals surface area contributed by atoms with Gasteiger partial charge in [-0.15, -0.1) is 0 Å². The van der Waals surface area contributed by atoms with Crippen LogP contribution in [0.2, 0.25) is 0 Å². The van der Waals surface area contributed by atoms with Gasteiger partial charge in [-0.25, -0.2) is 0 Å². The maximum absolute atomic E-state index is 11.1. The van der Waals surface area contributed by atoms with Crippen molar-refractivity contribution in [1.29, 1.82) is 0 Å². The minimum Gasteiger partial charge on any atom is -0.368 e. The Balaban J connectivity index is 3.91. The highest BCUT2D eigenvalue weighted by atomic mass is 32.2. The van der Waals surface area contributed by atoms with Crippen LogP contribution >= 0.6 is 11.8 Å². The van der Waals surface area contributed by atoms with E-state index in [1.807, 2.05) is 0 Å². The van der Waals surface area contributed by atoms with E-state index < -0.39 is 0 Å². The van der Waals surface area contributed by atoms with E-state index in [1.165, 1.54) is 0 Å². The Hall–Kier alpha value is -0.220. The molecule has 0 fully saturated rings. The minimum absolute atomic E-state index is 0.182. The monoisotopic (exact) mass is 218 g/mol. The maximum Gasteiger partial charge on any atom is 0.235 e. The molecule has 1 atom stereocenters. The molecule has 0 spiro atoms. The lowest BCUT2D eigenvalue weighted by molar-refractivity contribution is -0.119. The third kappa shape index (κ3) is 7.21. The molecule has 3 nitrogen and oxygen atoms in total. The van der Waals surface area contributed by atoms with E-state index in [0.29, 0.717) is 0 Å². The normalized spacial score (nSPS) is 14.0. The van der Waals surface area contributed by atoms with Crippen LogP contribution in [0, 0.1) is 0 Å². The van der Waals surface area contributed by atoms with Crippen molar-refractivity contribution in [3.63, 3.8) is 0 Å². The third-order valence-corrected chi connectivity index (χ3v) is 3.03. The van der Waals surface area contributed by atoms with Crippen LogP contribution in [0.4, 0.5) is 0 Å². The first-order chi connectivity index (χ1) is 6.37. The molecular weight excluding hydrogens is 196 g/mol. The summed E-state index contributed by atoms with van der Waals surface area (Å²) in [6.45, 7) is 9.32. The summed E-state index contributed by atoms with van der Waals surface area (Å²) in [5, 5.41) is 3.15. The molecule has 0 heterocycles. The van der Waals surface area contributed by atoms with Gasteiger partial charge in [-0.05, 0) is 13.0 Å². The van der Waals surface area contributed by atoms with Gasteiger partial charge in [-0.2, -0.15) is 11.8 Å². The van der Waals surface area contributed by atoms with Gasteiger partial charge in [0.05, 0.1) is 6.04 Å². The zero-order valence-corrected chi connectivity index (χ0v) is 10.4. The number of nitrogens with two attached hydrogens (primary N) is 1. The van der Waals surface area contributed by atoms with Gasteiger partial charge in [-0.3, -0.25) is 4.79 Å². The fourth-order valence-corrected chi connectivity index (χ4v) is 1.84. The van der Waals surface area contributed by atoms with Gasteiger partial charge in [0.1, 0.15) is 0 Å². The van der Waals surface area contributed by atoms with E-state index >= 15 is 0 Å². The summed E-state index contributed by atoms with van der Waals surface area (Å²) in [4.78, 5) is 11.1. The Bertz CT molecular complexity index is 177. The quantitative estimate of drug-likeness (QED) is 0.708. The summed E-state index contributed by atoms with van der Waals surface area (Å²) in [5.41, 5.74) is 5.29. The predicted molar refractivity (Wildman–Crippen MR) is 63.5 cm³/mol. The van der Waals surface area contributed by atoms with Crippen LogP contribution in [0.3, 0.4) is 0 Å². The molecular formula is C10H22N2OS. The lowest BCUT2D eigenvalue weighted by atomic mass is 10.3. The summed E-state index contributed by atoms with van der Waals surface area (Å²) in [7, 11) is 0. The first kappa shape index (κ1) is 13.8. The number of hydrogen-bond acceptors (Lipinski definition) is 3. The second-order valence-electron chi connectivity index (χ2n) is 4.33. The molecule has 0 radical (unpaired) electrons. The fourth-order valence-electron chi connectivity index (χ4n) is 0.894. The average Bonchev–Trinajstić information content (AvgIpc) is 2.01. The minimum atomic E-state index is -0.254. The highest BCUT2D eigenvalue weighted by Gasteiger charge is 2.18. The number of rotatable bonds is 6. The SMILES string of the molecule is CCCNC(CSC(C)(C)C)C(N)=O. The average molecular weight is 218 g/mol. The van der Waals surface area contributed by atoms with Crippen molar-refractivity contribution in [3.05, 3.63) is 0 Å². The smallest absolute Gasteiger partial charge is 0.235 e. The zero-order chi connectivity index (χ0) is 11.2. The molecule has 0 aliphatic carbocycles. The third-order valence-electron chi connectivity index (χ3n) is 1.67. The van der Waals surface area contributed by atoms with E-state index in [0.717, 1.165) is 18.7 Å². The molecule has 3 N–H and O–H groups in total. The van der Waals surface area contributed by atoms with E-state index in [-0.39, 0.29) is 16.7 Å². The molecule has 4 heteroatoms. The van der Waals surface area contributed by atoms with Gasteiger partial charge in [0, 0.05) is 10.5 Å². The molecule has 0 aromatic heterocycles. The standard InChI is InChI=1S/C10H22N2OS/c1-5-6-12-8(9(11)13)7-14-10(2,3)4/h8,12H,5-7H2,1-4H3,(H2,11,13). The van der Waals surface area contributed by atoms with Crippen LogP contribution in [-0.4, -0.2) is 29.0 Å². The zero-order valence-electron chi connectivity index (χ0n) is 9.59. The largest absolute Gasteiger partial charge is 0.368 e. The van der Waals surface area contributed by atoms with Crippen LogP contribution in [0.25, 0.3) is 0 Å². The van der Waals surface area contributed by atoms with E-state index in [9.17, 15) is 4.79 Å². The van der Waals surface area contributed by atoms with E-state index in [2.05, 4.69) is 33.0 Å². The molecule has 0 saturated carbocycles. The highest BCUT2D eigenvalue weighted by molar-refractivity contribution is 8.00. The summed E-state index contributed by atoms with van der Waals surface area (Å²) in [6, 6.07) is -0.195. The molecule has 84 valence electrons. The fraction of sp³-hybridized carbons (Fsp3) is 0.900. The van der Waals surface area contributed by atoms with Crippen molar-refractivity contribution in [3.8, 4) is 0 Å². The summed E-state index contributed by atoms with van der Waals surface area (Å²) >= 11 is 1.76. The van der Waals surface area contributed by atoms with Gasteiger partial charge in [0.15, 0.2) is 0 Å². The van der Waals surface area contributed by atoms with Gasteiger partial charge in [0.2, 0.25) is 5.91 Å². The number of carbonyl (C=O) groups is 1.